The van der Waals surface area contributed by atoms with Crippen LogP contribution in [0, 0.1) is 23.7 Å². The van der Waals surface area contributed by atoms with E-state index in [4.69, 9.17) is 37.4 Å². The maximum atomic E-state index is 13.6. The van der Waals surface area contributed by atoms with Gasteiger partial charge in [-0.1, -0.05) is 31.0 Å². The van der Waals surface area contributed by atoms with E-state index in [1.165, 1.54) is 11.1 Å². The summed E-state index contributed by atoms with van der Waals surface area (Å²) in [5.41, 5.74) is 3.47. The fraction of sp³-hybridized carbons (Fsp3) is 0.667. The fourth-order valence-corrected chi connectivity index (χ4v) is 11.6. The molecule has 1 N–H and O–H groups in total. The lowest BCUT2D eigenvalue weighted by Gasteiger charge is -2.50. The molecule has 0 radical (unpaired) electrons. The first kappa shape index (κ1) is 35.9. The predicted octanol–water partition coefficient (Wildman–Crippen LogP) is 6.39. The first-order chi connectivity index (χ1) is 24.5. The SMILES string of the molecule is C[C@@H]1[C@@H](C)CCC[C@H]([C@H]2OC[C@H](N3CC(Cl)C3)CO2)[C@@H]2CC[C@H]2CN2C[C@@]3(CCCc4cc(Cl)ccc43)COc3ccc(cc32)C(=O)NS1(=O)=O. The number of benzene rings is 2. The van der Waals surface area contributed by atoms with Gasteiger partial charge in [0.25, 0.3) is 5.91 Å². The first-order valence-corrected chi connectivity index (χ1v) is 21.3. The molecule has 2 bridgehead atoms. The van der Waals surface area contributed by atoms with Crippen molar-refractivity contribution in [3.05, 3.63) is 58.1 Å². The summed E-state index contributed by atoms with van der Waals surface area (Å²) in [6, 6.07) is 11.9. The Morgan fingerprint density at radius 1 is 0.941 bits per heavy atom. The molecule has 1 spiro atoms. The van der Waals surface area contributed by atoms with Gasteiger partial charge in [-0.05, 0) is 111 Å². The average molecular weight is 761 g/mol. The van der Waals surface area contributed by atoms with Crippen molar-refractivity contribution in [1.29, 1.82) is 0 Å². The van der Waals surface area contributed by atoms with Gasteiger partial charge in [-0.3, -0.25) is 9.69 Å². The Labute approximate surface area is 312 Å². The molecular weight excluding hydrogens is 709 g/mol. The summed E-state index contributed by atoms with van der Waals surface area (Å²) < 4.78 is 49.3. The maximum absolute atomic E-state index is 13.6. The van der Waals surface area contributed by atoms with E-state index in [1.807, 2.05) is 25.1 Å². The molecule has 4 heterocycles. The van der Waals surface area contributed by atoms with Crippen LogP contribution < -0.4 is 14.4 Å². The number of fused-ring (bicyclic) bond motifs is 4. The number of rotatable bonds is 2. The Balaban J connectivity index is 1.13. The zero-order chi connectivity index (χ0) is 35.5. The molecule has 2 aliphatic carbocycles. The van der Waals surface area contributed by atoms with Crippen molar-refractivity contribution in [2.75, 3.05) is 50.9 Å². The number of likely N-dealkylation sites (tertiary alicyclic amines) is 1. The van der Waals surface area contributed by atoms with E-state index >= 15 is 0 Å². The smallest absolute Gasteiger partial charge is 0.264 e. The van der Waals surface area contributed by atoms with E-state index in [0.717, 1.165) is 94.0 Å². The second kappa shape index (κ2) is 14.3. The van der Waals surface area contributed by atoms with Crippen LogP contribution in [0.15, 0.2) is 36.4 Å². The largest absolute Gasteiger partial charge is 0.490 e. The van der Waals surface area contributed by atoms with E-state index in [-0.39, 0.29) is 35.0 Å². The zero-order valence-corrected chi connectivity index (χ0v) is 32.0. The van der Waals surface area contributed by atoms with Crippen molar-refractivity contribution in [1.82, 2.24) is 9.62 Å². The van der Waals surface area contributed by atoms with Crippen LogP contribution in [0.3, 0.4) is 0 Å². The normalized spacial score (nSPS) is 36.0. The van der Waals surface area contributed by atoms with Crippen LogP contribution in [0.2, 0.25) is 5.02 Å². The number of carbonyl (C=O) groups is 1. The minimum Gasteiger partial charge on any atom is -0.490 e. The van der Waals surface area contributed by atoms with Crippen molar-refractivity contribution in [3.63, 3.8) is 0 Å². The van der Waals surface area contributed by atoms with Crippen LogP contribution in [-0.4, -0.2) is 88.2 Å². The molecule has 2 aromatic carbocycles. The molecule has 2 saturated heterocycles. The Hall–Kier alpha value is -2.08. The summed E-state index contributed by atoms with van der Waals surface area (Å²) in [4.78, 5) is 18.4. The quantitative estimate of drug-likeness (QED) is 0.352. The molecule has 1 amide bonds. The molecule has 4 aliphatic heterocycles. The lowest BCUT2D eigenvalue weighted by atomic mass is 9.64. The molecule has 278 valence electrons. The Morgan fingerprint density at radius 3 is 2.49 bits per heavy atom. The molecule has 1 saturated carbocycles. The number of amides is 1. The molecular formula is C39H51Cl2N3O6S. The van der Waals surface area contributed by atoms with Crippen LogP contribution >= 0.6 is 23.2 Å². The number of halogens is 2. The van der Waals surface area contributed by atoms with Crippen LogP contribution in [0.4, 0.5) is 5.69 Å². The molecule has 6 aliphatic rings. The number of ether oxygens (including phenoxy) is 3. The Morgan fingerprint density at radius 2 is 1.75 bits per heavy atom. The van der Waals surface area contributed by atoms with Gasteiger partial charge in [0.2, 0.25) is 10.0 Å². The van der Waals surface area contributed by atoms with E-state index in [0.29, 0.717) is 37.2 Å². The predicted molar refractivity (Wildman–Crippen MR) is 199 cm³/mol. The minimum absolute atomic E-state index is 0.131. The van der Waals surface area contributed by atoms with E-state index in [1.54, 1.807) is 13.0 Å². The number of sulfonamides is 1. The average Bonchev–Trinajstić information content (AvgIpc) is 3.24. The highest BCUT2D eigenvalue weighted by atomic mass is 35.5. The topological polar surface area (TPSA) is 97.4 Å². The van der Waals surface area contributed by atoms with Gasteiger partial charge in [-0.2, -0.15) is 0 Å². The first-order valence-electron chi connectivity index (χ1n) is 19.0. The summed E-state index contributed by atoms with van der Waals surface area (Å²) in [7, 11) is -3.91. The van der Waals surface area contributed by atoms with Crippen molar-refractivity contribution >= 4 is 44.8 Å². The van der Waals surface area contributed by atoms with Crippen LogP contribution in [0.25, 0.3) is 0 Å². The highest BCUT2D eigenvalue weighted by molar-refractivity contribution is 7.90. The number of aryl methyl sites for hydroxylation is 1. The summed E-state index contributed by atoms with van der Waals surface area (Å²) in [6.45, 7) is 8.76. The number of alkyl halides is 1. The second-order valence-corrected chi connectivity index (χ2v) is 19.4. The monoisotopic (exact) mass is 759 g/mol. The third-order valence-corrected chi connectivity index (χ3v) is 15.6. The molecule has 0 aromatic heterocycles. The highest BCUT2D eigenvalue weighted by Gasteiger charge is 2.47. The van der Waals surface area contributed by atoms with Gasteiger partial charge in [0, 0.05) is 48.1 Å². The molecule has 0 unspecified atom stereocenters. The molecule has 3 fully saturated rings. The molecule has 6 atom stereocenters. The Bertz CT molecular complexity index is 1730. The standard InChI is InChI=1S/C39H51Cl2N3O6S/c1-24-5-3-7-33(38-48-20-31(21-49-38)43-18-30(41)19-43)32-11-8-28(32)17-44-22-39(14-4-6-26-15-29(40)10-12-34(26)39)23-50-36-13-9-27(16-35(36)44)37(45)42-51(46,47)25(24)2/h9-10,12-13,15-16,24-25,28,30-33,38H,3-8,11,14,17-23H2,1-2H3,(H,42,45)/t24-,25+,28-,31-,32+,33-,38-,39-/m0/s1. The van der Waals surface area contributed by atoms with Gasteiger partial charge in [0.1, 0.15) is 5.75 Å². The number of hydrogen-bond acceptors (Lipinski definition) is 8. The van der Waals surface area contributed by atoms with E-state index < -0.39 is 21.2 Å². The summed E-state index contributed by atoms with van der Waals surface area (Å²) in [5, 5.41) is 0.227. The number of hydrogen-bond donors (Lipinski definition) is 1. The van der Waals surface area contributed by atoms with Gasteiger partial charge in [-0.25, -0.2) is 13.1 Å². The highest BCUT2D eigenvalue weighted by Crippen LogP contribution is 2.49. The van der Waals surface area contributed by atoms with Gasteiger partial charge in [0.05, 0.1) is 42.2 Å². The second-order valence-electron chi connectivity index (χ2n) is 16.3. The van der Waals surface area contributed by atoms with Gasteiger partial charge >= 0.3 is 0 Å². The van der Waals surface area contributed by atoms with Crippen molar-refractivity contribution in [2.24, 2.45) is 23.7 Å². The van der Waals surface area contributed by atoms with Crippen molar-refractivity contribution in [3.8, 4) is 5.75 Å². The minimum atomic E-state index is -3.91. The summed E-state index contributed by atoms with van der Waals surface area (Å²) in [5.74, 6) is 0.998. The van der Waals surface area contributed by atoms with Gasteiger partial charge in [0.15, 0.2) is 6.29 Å². The van der Waals surface area contributed by atoms with Crippen LogP contribution in [0.1, 0.15) is 80.3 Å². The summed E-state index contributed by atoms with van der Waals surface area (Å²) >= 11 is 12.8. The molecule has 12 heteroatoms. The van der Waals surface area contributed by atoms with Gasteiger partial charge in [-0.15, -0.1) is 11.6 Å². The zero-order valence-electron chi connectivity index (χ0n) is 29.7. The maximum Gasteiger partial charge on any atom is 0.264 e. The number of nitrogens with zero attached hydrogens (tertiary/aromatic N) is 2. The fourth-order valence-electron chi connectivity index (χ4n) is 9.69. The Kier molecular flexibility index (Phi) is 10.1. The van der Waals surface area contributed by atoms with Crippen LogP contribution in [-0.2, 0) is 31.3 Å². The van der Waals surface area contributed by atoms with Gasteiger partial charge < -0.3 is 19.1 Å². The lowest BCUT2D eigenvalue weighted by molar-refractivity contribution is -0.246. The number of nitrogens with one attached hydrogen (secondary N) is 1. The number of carbonyl (C=O) groups excluding carboxylic acids is 1. The van der Waals surface area contributed by atoms with E-state index in [2.05, 4.69) is 26.7 Å². The molecule has 51 heavy (non-hydrogen) atoms. The van der Waals surface area contributed by atoms with Crippen molar-refractivity contribution < 1.29 is 27.4 Å². The lowest BCUT2D eigenvalue weighted by Crippen LogP contribution is -2.59. The molecule has 2 aromatic rings. The number of anilines is 1. The molecule has 9 nitrogen and oxygen atoms in total. The molecule has 8 rings (SSSR count). The van der Waals surface area contributed by atoms with E-state index in [9.17, 15) is 13.2 Å². The third kappa shape index (κ3) is 7.03. The van der Waals surface area contributed by atoms with Crippen molar-refractivity contribution in [2.45, 2.75) is 93.6 Å². The van der Waals surface area contributed by atoms with Crippen LogP contribution in [0.5, 0.6) is 5.75 Å². The third-order valence-electron chi connectivity index (χ3n) is 13.1. The summed E-state index contributed by atoms with van der Waals surface area (Å²) in [6.07, 6.45) is 7.43.